The Morgan fingerprint density at radius 3 is 2.55 bits per heavy atom. The zero-order chi connectivity index (χ0) is 15.3. The zero-order valence-corrected chi connectivity index (χ0v) is 15.1. The highest BCUT2D eigenvalue weighted by Crippen LogP contribution is 2.22. The van der Waals surface area contributed by atoms with Gasteiger partial charge in [-0.3, -0.25) is 0 Å². The molecule has 0 radical (unpaired) electrons. The van der Waals surface area contributed by atoms with Gasteiger partial charge >= 0.3 is 0 Å². The molecule has 1 rings (SSSR count). The highest BCUT2D eigenvalue weighted by molar-refractivity contribution is 9.10. The summed E-state index contributed by atoms with van der Waals surface area (Å²) in [5.41, 5.74) is -0.0479. The Hall–Kier alpha value is -0.680. The van der Waals surface area contributed by atoms with E-state index >= 15 is 0 Å². The summed E-state index contributed by atoms with van der Waals surface area (Å²) in [5.74, 6) is 1.74. The molecule has 0 saturated carbocycles. The number of anilines is 1. The van der Waals surface area contributed by atoms with Crippen molar-refractivity contribution in [1.82, 2.24) is 14.9 Å². The van der Waals surface area contributed by atoms with Crippen LogP contribution in [0, 0.1) is 0 Å². The molecule has 1 unspecified atom stereocenters. The van der Waals surface area contributed by atoms with Crippen LogP contribution in [-0.4, -0.2) is 41.0 Å². The lowest BCUT2D eigenvalue weighted by Crippen LogP contribution is -2.32. The monoisotopic (exact) mass is 342 g/mol. The minimum absolute atomic E-state index is 0.0479. The van der Waals surface area contributed by atoms with Crippen LogP contribution in [0.15, 0.2) is 10.7 Å². The molecule has 0 amide bonds. The van der Waals surface area contributed by atoms with E-state index in [1.54, 1.807) is 0 Å². The van der Waals surface area contributed by atoms with Crippen LogP contribution in [-0.2, 0) is 5.41 Å². The van der Waals surface area contributed by atoms with E-state index in [-0.39, 0.29) is 5.41 Å². The predicted molar refractivity (Wildman–Crippen MR) is 89.3 cm³/mol. The first-order chi connectivity index (χ1) is 9.24. The van der Waals surface area contributed by atoms with E-state index in [2.05, 4.69) is 77.8 Å². The van der Waals surface area contributed by atoms with E-state index in [0.29, 0.717) is 6.04 Å². The fourth-order valence-electron chi connectivity index (χ4n) is 1.74. The lowest BCUT2D eigenvalue weighted by atomic mass is 9.96. The van der Waals surface area contributed by atoms with Crippen molar-refractivity contribution >= 4 is 21.7 Å². The molecule has 1 atom stereocenters. The number of likely N-dealkylation sites (N-methyl/N-ethyl adjacent to an activating group) is 1. The Morgan fingerprint density at radius 2 is 2.00 bits per heavy atom. The van der Waals surface area contributed by atoms with Gasteiger partial charge in [-0.15, -0.1) is 0 Å². The summed E-state index contributed by atoms with van der Waals surface area (Å²) >= 11 is 3.46. The second-order valence-corrected chi connectivity index (χ2v) is 7.13. The van der Waals surface area contributed by atoms with Crippen molar-refractivity contribution in [2.24, 2.45) is 0 Å². The predicted octanol–water partition coefficient (Wildman–Crippen LogP) is 3.68. The van der Waals surface area contributed by atoms with Crippen LogP contribution in [0.2, 0.25) is 0 Å². The maximum Gasteiger partial charge on any atom is 0.137 e. The van der Waals surface area contributed by atoms with Gasteiger partial charge in [-0.1, -0.05) is 27.7 Å². The average Bonchev–Trinajstić information content (AvgIpc) is 2.36. The van der Waals surface area contributed by atoms with Gasteiger partial charge in [-0.05, 0) is 36.3 Å². The standard InChI is InChI=1S/C15H27BrN4/c1-7-11(2)20(6)9-8-17-13-10-12(16)18-14(19-13)15(3,4)5/h10-11H,7-9H2,1-6H3,(H,17,18,19). The van der Waals surface area contributed by atoms with E-state index in [9.17, 15) is 0 Å². The van der Waals surface area contributed by atoms with Crippen molar-refractivity contribution in [1.29, 1.82) is 0 Å². The molecular formula is C15H27BrN4. The summed E-state index contributed by atoms with van der Waals surface area (Å²) in [6, 6.07) is 2.54. The van der Waals surface area contributed by atoms with Crippen LogP contribution in [0.25, 0.3) is 0 Å². The van der Waals surface area contributed by atoms with Gasteiger partial charge in [0.2, 0.25) is 0 Å². The maximum atomic E-state index is 4.60. The summed E-state index contributed by atoms with van der Waals surface area (Å²) in [7, 11) is 2.16. The fraction of sp³-hybridized carbons (Fsp3) is 0.733. The smallest absolute Gasteiger partial charge is 0.137 e. The van der Waals surface area contributed by atoms with Gasteiger partial charge in [-0.25, -0.2) is 9.97 Å². The number of nitrogens with one attached hydrogen (secondary N) is 1. The third-order valence-corrected chi connectivity index (χ3v) is 3.89. The summed E-state index contributed by atoms with van der Waals surface area (Å²) < 4.78 is 0.829. The van der Waals surface area contributed by atoms with Crippen molar-refractivity contribution in [2.45, 2.75) is 52.5 Å². The first-order valence-corrected chi connectivity index (χ1v) is 8.02. The molecule has 0 aliphatic rings. The molecule has 5 heteroatoms. The van der Waals surface area contributed by atoms with E-state index in [1.165, 1.54) is 6.42 Å². The van der Waals surface area contributed by atoms with Gasteiger partial charge in [0, 0.05) is 30.6 Å². The molecule has 0 aromatic carbocycles. The lowest BCUT2D eigenvalue weighted by molar-refractivity contribution is 0.261. The van der Waals surface area contributed by atoms with Crippen LogP contribution >= 0.6 is 15.9 Å². The third-order valence-electron chi connectivity index (χ3n) is 3.48. The summed E-state index contributed by atoms with van der Waals surface area (Å²) in [6.45, 7) is 12.7. The number of halogens is 1. The highest BCUT2D eigenvalue weighted by atomic mass is 79.9. The normalized spacial score (nSPS) is 13.6. The minimum atomic E-state index is -0.0479. The molecule has 0 aliphatic heterocycles. The van der Waals surface area contributed by atoms with E-state index in [1.807, 2.05) is 6.07 Å². The first kappa shape index (κ1) is 17.4. The van der Waals surface area contributed by atoms with Crippen LogP contribution in [0.5, 0.6) is 0 Å². The molecule has 4 nitrogen and oxygen atoms in total. The second kappa shape index (κ2) is 7.36. The highest BCUT2D eigenvalue weighted by Gasteiger charge is 2.18. The SMILES string of the molecule is CCC(C)N(C)CCNc1cc(Br)nc(C(C)(C)C)n1. The average molecular weight is 343 g/mol. The van der Waals surface area contributed by atoms with Crippen LogP contribution in [0.4, 0.5) is 5.82 Å². The Kier molecular flexibility index (Phi) is 6.40. The van der Waals surface area contributed by atoms with Gasteiger partial charge < -0.3 is 10.2 Å². The van der Waals surface area contributed by atoms with Gasteiger partial charge in [0.15, 0.2) is 0 Å². The van der Waals surface area contributed by atoms with Crippen molar-refractivity contribution in [3.05, 3.63) is 16.5 Å². The van der Waals surface area contributed by atoms with Crippen LogP contribution < -0.4 is 5.32 Å². The summed E-state index contributed by atoms with van der Waals surface area (Å²) in [5, 5.41) is 3.39. The van der Waals surface area contributed by atoms with Gasteiger partial charge in [-0.2, -0.15) is 0 Å². The summed E-state index contributed by atoms with van der Waals surface area (Å²) in [6.07, 6.45) is 1.17. The molecule has 0 bridgehead atoms. The van der Waals surface area contributed by atoms with Gasteiger partial charge in [0.25, 0.3) is 0 Å². The fourth-order valence-corrected chi connectivity index (χ4v) is 2.12. The maximum absolute atomic E-state index is 4.60. The van der Waals surface area contributed by atoms with Crippen molar-refractivity contribution in [3.8, 4) is 0 Å². The molecule has 0 saturated heterocycles. The van der Waals surface area contributed by atoms with Crippen LogP contribution in [0.3, 0.4) is 0 Å². The quantitative estimate of drug-likeness (QED) is 0.800. The Bertz CT molecular complexity index is 428. The Balaban J connectivity index is 2.63. The van der Waals surface area contributed by atoms with Crippen LogP contribution in [0.1, 0.15) is 46.9 Å². The van der Waals surface area contributed by atoms with Crippen molar-refractivity contribution < 1.29 is 0 Å². The largest absolute Gasteiger partial charge is 0.369 e. The Labute approximate surface area is 131 Å². The molecule has 1 aromatic heterocycles. The molecule has 0 fully saturated rings. The molecule has 0 spiro atoms. The minimum Gasteiger partial charge on any atom is -0.369 e. The van der Waals surface area contributed by atoms with Crippen molar-refractivity contribution in [3.63, 3.8) is 0 Å². The van der Waals surface area contributed by atoms with E-state index in [0.717, 1.165) is 29.3 Å². The van der Waals surface area contributed by atoms with Gasteiger partial charge in [0.1, 0.15) is 16.2 Å². The number of hydrogen-bond donors (Lipinski definition) is 1. The number of rotatable bonds is 6. The van der Waals surface area contributed by atoms with E-state index in [4.69, 9.17) is 0 Å². The zero-order valence-electron chi connectivity index (χ0n) is 13.5. The molecule has 20 heavy (non-hydrogen) atoms. The first-order valence-electron chi connectivity index (χ1n) is 7.23. The molecule has 1 aromatic rings. The van der Waals surface area contributed by atoms with Gasteiger partial charge in [0.05, 0.1) is 0 Å². The number of aromatic nitrogens is 2. The lowest BCUT2D eigenvalue weighted by Gasteiger charge is -2.23. The topological polar surface area (TPSA) is 41.0 Å². The number of nitrogens with zero attached hydrogens (tertiary/aromatic N) is 3. The number of hydrogen-bond acceptors (Lipinski definition) is 4. The second-order valence-electron chi connectivity index (χ2n) is 6.31. The summed E-state index contributed by atoms with van der Waals surface area (Å²) in [4.78, 5) is 11.4. The molecule has 1 N–H and O–H groups in total. The van der Waals surface area contributed by atoms with E-state index < -0.39 is 0 Å². The van der Waals surface area contributed by atoms with Crippen molar-refractivity contribution in [2.75, 3.05) is 25.5 Å². The molecule has 0 aliphatic carbocycles. The molecule has 1 heterocycles. The molecular weight excluding hydrogens is 316 g/mol. The molecule has 114 valence electrons. The third kappa shape index (κ3) is 5.37. The Morgan fingerprint density at radius 1 is 1.35 bits per heavy atom.